The van der Waals surface area contributed by atoms with Gasteiger partial charge in [-0.15, -0.1) is 0 Å². The molecule has 0 unspecified atom stereocenters. The molecule has 0 heterocycles. The molecule has 1 spiro atoms. The van der Waals surface area contributed by atoms with E-state index >= 15 is 0 Å². The number of hydrogen-bond acceptors (Lipinski definition) is 2. The molecule has 2 nitrogen and oxygen atoms in total. The molecular formula is C18H36N2. The van der Waals surface area contributed by atoms with Crippen molar-refractivity contribution < 1.29 is 0 Å². The predicted molar refractivity (Wildman–Crippen MR) is 88.1 cm³/mol. The van der Waals surface area contributed by atoms with Crippen molar-refractivity contribution >= 4 is 0 Å². The Kier molecular flexibility index (Phi) is 5.18. The topological polar surface area (TPSA) is 6.48 Å². The summed E-state index contributed by atoms with van der Waals surface area (Å²) in [5.74, 6) is 0.795. The Bertz CT molecular complexity index is 295. The van der Waals surface area contributed by atoms with Gasteiger partial charge in [0.2, 0.25) is 0 Å². The Hall–Kier alpha value is -0.0800. The first kappa shape index (κ1) is 16.3. The molecule has 0 aromatic rings. The Morgan fingerprint density at radius 2 is 1.50 bits per heavy atom. The molecule has 0 saturated heterocycles. The maximum Gasteiger partial charge on any atom is 0.0105 e. The highest BCUT2D eigenvalue weighted by Gasteiger charge is 2.47. The van der Waals surface area contributed by atoms with E-state index in [1.165, 1.54) is 45.1 Å². The van der Waals surface area contributed by atoms with Crippen molar-refractivity contribution in [1.82, 2.24) is 9.80 Å². The van der Waals surface area contributed by atoms with E-state index in [0.29, 0.717) is 6.04 Å². The average molecular weight is 280 g/mol. The molecule has 0 bridgehead atoms. The number of nitrogens with zero attached hydrogens (tertiary/aromatic N) is 2. The van der Waals surface area contributed by atoms with Crippen molar-refractivity contribution in [3.63, 3.8) is 0 Å². The zero-order valence-electron chi connectivity index (χ0n) is 14.7. The summed E-state index contributed by atoms with van der Waals surface area (Å²) in [5, 5.41) is 0. The van der Waals surface area contributed by atoms with Gasteiger partial charge in [-0.25, -0.2) is 0 Å². The Morgan fingerprint density at radius 3 is 1.95 bits per heavy atom. The minimum absolute atomic E-state index is 0.700. The Balaban J connectivity index is 1.76. The van der Waals surface area contributed by atoms with Gasteiger partial charge in [-0.1, -0.05) is 13.8 Å². The van der Waals surface area contributed by atoms with Crippen LogP contribution < -0.4 is 0 Å². The van der Waals surface area contributed by atoms with Crippen molar-refractivity contribution in [3.8, 4) is 0 Å². The molecule has 0 aliphatic heterocycles. The van der Waals surface area contributed by atoms with Crippen LogP contribution in [0, 0.1) is 11.3 Å². The van der Waals surface area contributed by atoms with Crippen LogP contribution in [0.25, 0.3) is 0 Å². The second kappa shape index (κ2) is 6.36. The Morgan fingerprint density at radius 1 is 0.950 bits per heavy atom. The van der Waals surface area contributed by atoms with Crippen LogP contribution in [0.4, 0.5) is 0 Å². The third-order valence-corrected chi connectivity index (χ3v) is 6.02. The van der Waals surface area contributed by atoms with Crippen LogP contribution in [0.1, 0.15) is 66.2 Å². The van der Waals surface area contributed by atoms with Gasteiger partial charge in [0.15, 0.2) is 0 Å². The predicted octanol–water partition coefficient (Wildman–Crippen LogP) is 4.01. The lowest BCUT2D eigenvalue weighted by Crippen LogP contribution is -2.54. The van der Waals surface area contributed by atoms with E-state index < -0.39 is 0 Å². The summed E-state index contributed by atoms with van der Waals surface area (Å²) in [6, 6.07) is 2.41. The van der Waals surface area contributed by atoms with Crippen LogP contribution in [-0.4, -0.2) is 48.6 Å². The van der Waals surface area contributed by atoms with Crippen molar-refractivity contribution in [2.24, 2.45) is 11.3 Å². The maximum absolute atomic E-state index is 2.62. The highest BCUT2D eigenvalue weighted by molar-refractivity contribution is 5.01. The molecule has 0 aromatic carbocycles. The molecule has 2 rings (SSSR count). The molecule has 2 saturated carbocycles. The van der Waals surface area contributed by atoms with Gasteiger partial charge in [0.25, 0.3) is 0 Å². The molecule has 2 fully saturated rings. The first-order chi connectivity index (χ1) is 9.33. The molecule has 2 aliphatic rings. The van der Waals surface area contributed by atoms with E-state index in [-0.39, 0.29) is 0 Å². The smallest absolute Gasteiger partial charge is 0.0105 e. The first-order valence-electron chi connectivity index (χ1n) is 8.75. The largest absolute Gasteiger partial charge is 0.303 e. The van der Waals surface area contributed by atoms with Crippen molar-refractivity contribution in [1.29, 1.82) is 0 Å². The molecule has 0 amide bonds. The van der Waals surface area contributed by atoms with E-state index in [2.05, 4.69) is 51.6 Å². The molecule has 0 N–H and O–H groups in total. The zero-order chi connectivity index (χ0) is 14.9. The van der Waals surface area contributed by atoms with E-state index in [4.69, 9.17) is 0 Å². The van der Waals surface area contributed by atoms with E-state index in [9.17, 15) is 0 Å². The van der Waals surface area contributed by atoms with Gasteiger partial charge in [-0.05, 0) is 77.8 Å². The fourth-order valence-electron chi connectivity index (χ4n) is 4.44. The Labute approximate surface area is 126 Å². The summed E-state index contributed by atoms with van der Waals surface area (Å²) in [6.45, 7) is 10.6. The molecule has 20 heavy (non-hydrogen) atoms. The highest BCUT2D eigenvalue weighted by Crippen LogP contribution is 2.53. The van der Waals surface area contributed by atoms with Gasteiger partial charge >= 0.3 is 0 Å². The number of hydrogen-bond donors (Lipinski definition) is 0. The van der Waals surface area contributed by atoms with Crippen LogP contribution in [-0.2, 0) is 0 Å². The highest BCUT2D eigenvalue weighted by atomic mass is 15.2. The van der Waals surface area contributed by atoms with Crippen LogP contribution in [0.5, 0.6) is 0 Å². The minimum atomic E-state index is 0.700. The van der Waals surface area contributed by atoms with E-state index in [0.717, 1.165) is 23.4 Å². The van der Waals surface area contributed by atoms with Gasteiger partial charge in [0, 0.05) is 24.7 Å². The normalized spacial score (nSPS) is 34.5. The SMILES string of the molecule is CC(C)CN(C)C1CCC2(CC1)CC(N(C)C(C)C)C2. The summed E-state index contributed by atoms with van der Waals surface area (Å²) >= 11 is 0. The molecule has 118 valence electrons. The van der Waals surface area contributed by atoms with Crippen LogP contribution in [0.15, 0.2) is 0 Å². The van der Waals surface area contributed by atoms with Crippen molar-refractivity contribution in [2.45, 2.75) is 84.3 Å². The summed E-state index contributed by atoms with van der Waals surface area (Å²) in [5.41, 5.74) is 0.725. The third kappa shape index (κ3) is 3.57. The monoisotopic (exact) mass is 280 g/mol. The van der Waals surface area contributed by atoms with Gasteiger partial charge in [0.1, 0.15) is 0 Å². The second-order valence-electron chi connectivity index (χ2n) is 8.39. The molecule has 0 radical (unpaired) electrons. The van der Waals surface area contributed by atoms with Crippen LogP contribution in [0.2, 0.25) is 0 Å². The minimum Gasteiger partial charge on any atom is -0.303 e. The second-order valence-corrected chi connectivity index (χ2v) is 8.39. The van der Waals surface area contributed by atoms with Crippen molar-refractivity contribution in [2.75, 3.05) is 20.6 Å². The fourth-order valence-corrected chi connectivity index (χ4v) is 4.44. The molecular weight excluding hydrogens is 244 g/mol. The molecule has 0 atom stereocenters. The zero-order valence-corrected chi connectivity index (χ0v) is 14.7. The van der Waals surface area contributed by atoms with Gasteiger partial charge in [0.05, 0.1) is 0 Å². The van der Waals surface area contributed by atoms with E-state index in [1.807, 2.05) is 0 Å². The quantitative estimate of drug-likeness (QED) is 0.751. The maximum atomic E-state index is 2.62. The third-order valence-electron chi connectivity index (χ3n) is 6.02. The van der Waals surface area contributed by atoms with E-state index in [1.54, 1.807) is 0 Å². The molecule has 0 aromatic heterocycles. The summed E-state index contributed by atoms with van der Waals surface area (Å²) in [6.07, 6.45) is 8.73. The van der Waals surface area contributed by atoms with Crippen LogP contribution >= 0.6 is 0 Å². The standard InChI is InChI=1S/C18H36N2/c1-14(2)13-19(5)16-7-9-18(10-8-16)11-17(12-18)20(6)15(3)4/h14-17H,7-13H2,1-6H3. The summed E-state index contributed by atoms with van der Waals surface area (Å²) in [4.78, 5) is 5.20. The molecule has 2 aliphatic carbocycles. The summed E-state index contributed by atoms with van der Waals surface area (Å²) in [7, 11) is 4.64. The van der Waals surface area contributed by atoms with Gasteiger partial charge in [-0.2, -0.15) is 0 Å². The fraction of sp³-hybridized carbons (Fsp3) is 1.00. The van der Waals surface area contributed by atoms with Gasteiger partial charge in [-0.3, -0.25) is 0 Å². The molecule has 2 heteroatoms. The lowest BCUT2D eigenvalue weighted by Gasteiger charge is -2.55. The van der Waals surface area contributed by atoms with Crippen LogP contribution in [0.3, 0.4) is 0 Å². The summed E-state index contributed by atoms with van der Waals surface area (Å²) < 4.78 is 0. The van der Waals surface area contributed by atoms with Gasteiger partial charge < -0.3 is 9.80 Å². The first-order valence-corrected chi connectivity index (χ1v) is 8.75. The van der Waals surface area contributed by atoms with Crippen molar-refractivity contribution in [3.05, 3.63) is 0 Å². The average Bonchev–Trinajstić information content (AvgIpc) is 2.34. The number of rotatable bonds is 5. The lowest BCUT2D eigenvalue weighted by atomic mass is 9.57. The lowest BCUT2D eigenvalue weighted by molar-refractivity contribution is -0.0405.